The quantitative estimate of drug-likeness (QED) is 0.120. The number of aliphatic hydroxyl groups is 2. The third-order valence-corrected chi connectivity index (χ3v) is 5.16. The van der Waals surface area contributed by atoms with Gasteiger partial charge in [0.05, 0.1) is 0 Å². The van der Waals surface area contributed by atoms with E-state index in [1.54, 1.807) is 0 Å². The minimum atomic E-state index is -0.698. The summed E-state index contributed by atoms with van der Waals surface area (Å²) in [5, 5.41) is 28.0. The van der Waals surface area contributed by atoms with Gasteiger partial charge in [-0.2, -0.15) is 0 Å². The third-order valence-electron chi connectivity index (χ3n) is 5.16. The molecule has 0 bridgehead atoms. The van der Waals surface area contributed by atoms with Gasteiger partial charge in [0.2, 0.25) is 5.91 Å². The maximum atomic E-state index is 11.5. The minimum Gasteiger partial charge on any atom is -0.481 e. The van der Waals surface area contributed by atoms with Crippen molar-refractivity contribution in [3.8, 4) is 23.7 Å². The molecule has 7 nitrogen and oxygen atoms in total. The van der Waals surface area contributed by atoms with Gasteiger partial charge in [-0.1, -0.05) is 63.2 Å². The number of carboxylic acids is 1. The number of hydrogen-bond donors (Lipinski definition) is 5. The number of aliphatic hydroxyl groups excluding tert-OH is 2. The van der Waals surface area contributed by atoms with E-state index in [9.17, 15) is 9.59 Å². The van der Waals surface area contributed by atoms with Crippen molar-refractivity contribution in [1.29, 1.82) is 0 Å². The Morgan fingerprint density at radius 3 is 1.51 bits per heavy atom. The van der Waals surface area contributed by atoms with Crippen molar-refractivity contribution in [2.24, 2.45) is 5.73 Å². The number of rotatable bonds is 21. The molecule has 0 aromatic heterocycles. The van der Waals surface area contributed by atoms with Crippen LogP contribution in [0.3, 0.4) is 0 Å². The fourth-order valence-corrected chi connectivity index (χ4v) is 3.10. The fraction of sp³-hybridized carbons (Fsp3) is 0.786. The molecular weight excluding hydrogens is 444 g/mol. The van der Waals surface area contributed by atoms with Gasteiger partial charge in [-0.15, -0.1) is 0 Å². The first-order valence-electron chi connectivity index (χ1n) is 13.4. The Bertz CT molecular complexity index is 600. The van der Waals surface area contributed by atoms with Gasteiger partial charge in [-0.25, -0.2) is 0 Å². The molecule has 0 heterocycles. The lowest BCUT2D eigenvalue weighted by Gasteiger charge is -2.04. The van der Waals surface area contributed by atoms with E-state index < -0.39 is 5.97 Å². The average molecular weight is 495 g/mol. The summed E-state index contributed by atoms with van der Waals surface area (Å²) in [4.78, 5) is 21.9. The number of nitrogens with two attached hydrogens (primary N) is 1. The van der Waals surface area contributed by atoms with E-state index in [0.717, 1.165) is 83.5 Å². The SMILES string of the molecule is NCCCO.O=C(O)CCCCCCCCC#CC#CCCCCCCCCC(=O)NCCCO. The molecule has 7 heteroatoms. The summed E-state index contributed by atoms with van der Waals surface area (Å²) in [5.74, 6) is 11.5. The lowest BCUT2D eigenvalue weighted by molar-refractivity contribution is -0.137. The van der Waals surface area contributed by atoms with Crippen LogP contribution in [0.25, 0.3) is 0 Å². The number of amides is 1. The Kier molecular flexibility index (Phi) is 32.0. The third kappa shape index (κ3) is 36.7. The standard InChI is InChI=1S/C25H41NO4.C3H9NO/c27-23-19-22-26-24(28)20-17-15-13-11-9-7-5-3-1-2-4-6-8-10-12-14-16-18-21-25(29)30;4-2-1-3-5/h27H,5-23H2,(H,26,28)(H,29,30);5H,1-4H2. The van der Waals surface area contributed by atoms with E-state index in [4.69, 9.17) is 21.1 Å². The van der Waals surface area contributed by atoms with E-state index >= 15 is 0 Å². The Balaban J connectivity index is 0. The molecule has 1 amide bonds. The van der Waals surface area contributed by atoms with Gasteiger partial charge < -0.3 is 26.4 Å². The van der Waals surface area contributed by atoms with Crippen molar-refractivity contribution in [2.75, 3.05) is 26.3 Å². The summed E-state index contributed by atoms with van der Waals surface area (Å²) in [7, 11) is 0. The Morgan fingerprint density at radius 1 is 0.629 bits per heavy atom. The molecule has 0 aliphatic rings. The first kappa shape index (κ1) is 35.1. The number of carboxylic acid groups (broad SMARTS) is 1. The first-order valence-corrected chi connectivity index (χ1v) is 13.4. The molecule has 0 aromatic carbocycles. The summed E-state index contributed by atoms with van der Waals surface area (Å²) >= 11 is 0. The monoisotopic (exact) mass is 494 g/mol. The fourth-order valence-electron chi connectivity index (χ4n) is 3.10. The van der Waals surface area contributed by atoms with E-state index in [2.05, 4.69) is 29.0 Å². The molecule has 0 aliphatic heterocycles. The highest BCUT2D eigenvalue weighted by Crippen LogP contribution is 2.09. The molecular formula is C28H50N2O5. The van der Waals surface area contributed by atoms with Crippen LogP contribution in [0.2, 0.25) is 0 Å². The van der Waals surface area contributed by atoms with E-state index in [0.29, 0.717) is 25.9 Å². The van der Waals surface area contributed by atoms with Crippen LogP contribution < -0.4 is 11.1 Å². The molecule has 35 heavy (non-hydrogen) atoms. The number of carbonyl (C=O) groups excluding carboxylic acids is 1. The van der Waals surface area contributed by atoms with Crippen LogP contribution in [0.5, 0.6) is 0 Å². The van der Waals surface area contributed by atoms with Crippen LogP contribution in [-0.2, 0) is 9.59 Å². The summed E-state index contributed by atoms with van der Waals surface area (Å²) < 4.78 is 0. The number of hydrogen-bond acceptors (Lipinski definition) is 5. The highest BCUT2D eigenvalue weighted by Gasteiger charge is 2.00. The summed E-state index contributed by atoms with van der Waals surface area (Å²) in [6.07, 6.45) is 17.0. The van der Waals surface area contributed by atoms with Gasteiger partial charge in [0.15, 0.2) is 0 Å². The minimum absolute atomic E-state index is 0.0906. The van der Waals surface area contributed by atoms with Gasteiger partial charge >= 0.3 is 5.97 Å². The van der Waals surface area contributed by atoms with Crippen LogP contribution in [0, 0.1) is 23.7 Å². The average Bonchev–Trinajstić information content (AvgIpc) is 2.83. The van der Waals surface area contributed by atoms with Crippen molar-refractivity contribution >= 4 is 11.9 Å². The van der Waals surface area contributed by atoms with Gasteiger partial charge in [0, 0.05) is 45.4 Å². The molecule has 0 rings (SSSR count). The molecule has 0 saturated heterocycles. The zero-order valence-electron chi connectivity index (χ0n) is 21.8. The van der Waals surface area contributed by atoms with E-state index in [1.807, 2.05) is 0 Å². The van der Waals surface area contributed by atoms with Crippen LogP contribution >= 0.6 is 0 Å². The molecule has 0 unspecified atom stereocenters. The summed E-state index contributed by atoms with van der Waals surface area (Å²) in [6.45, 7) is 1.50. The number of unbranched alkanes of at least 4 members (excludes halogenated alkanes) is 12. The zero-order chi connectivity index (χ0) is 26.2. The maximum absolute atomic E-state index is 11.5. The Labute approximate surface area is 213 Å². The number of aliphatic carboxylic acids is 1. The molecule has 0 aliphatic carbocycles. The van der Waals surface area contributed by atoms with Gasteiger partial charge in [-0.3, -0.25) is 9.59 Å². The first-order chi connectivity index (χ1) is 17.1. The lowest BCUT2D eigenvalue weighted by atomic mass is 10.1. The summed E-state index contributed by atoms with van der Waals surface area (Å²) in [5.41, 5.74) is 4.98. The predicted octanol–water partition coefficient (Wildman–Crippen LogP) is 4.15. The van der Waals surface area contributed by atoms with Gasteiger partial charge in [0.25, 0.3) is 0 Å². The van der Waals surface area contributed by atoms with Crippen LogP contribution in [0.4, 0.5) is 0 Å². The topological polar surface area (TPSA) is 133 Å². The second kappa shape index (κ2) is 31.9. The summed E-state index contributed by atoms with van der Waals surface area (Å²) in [6, 6.07) is 0. The second-order valence-electron chi connectivity index (χ2n) is 8.53. The molecule has 6 N–H and O–H groups in total. The van der Waals surface area contributed by atoms with Crippen molar-refractivity contribution in [1.82, 2.24) is 5.32 Å². The Hall–Kier alpha value is -2.06. The molecule has 0 aromatic rings. The number of nitrogens with one attached hydrogen (secondary N) is 1. The molecule has 202 valence electrons. The van der Waals surface area contributed by atoms with E-state index in [-0.39, 0.29) is 25.5 Å². The van der Waals surface area contributed by atoms with Crippen LogP contribution in [-0.4, -0.2) is 53.5 Å². The zero-order valence-corrected chi connectivity index (χ0v) is 21.8. The van der Waals surface area contributed by atoms with Gasteiger partial charge in [-0.05, 0) is 56.9 Å². The van der Waals surface area contributed by atoms with E-state index in [1.165, 1.54) is 12.8 Å². The largest absolute Gasteiger partial charge is 0.481 e. The van der Waals surface area contributed by atoms with Crippen LogP contribution in [0.15, 0.2) is 0 Å². The maximum Gasteiger partial charge on any atom is 0.303 e. The van der Waals surface area contributed by atoms with Crippen molar-refractivity contribution in [3.63, 3.8) is 0 Å². The van der Waals surface area contributed by atoms with Gasteiger partial charge in [0.1, 0.15) is 0 Å². The van der Waals surface area contributed by atoms with Crippen molar-refractivity contribution < 1.29 is 24.9 Å². The predicted molar refractivity (Wildman–Crippen MR) is 143 cm³/mol. The lowest BCUT2D eigenvalue weighted by Crippen LogP contribution is -2.24. The number of carbonyl (C=O) groups is 2. The smallest absolute Gasteiger partial charge is 0.303 e. The van der Waals surface area contributed by atoms with Crippen molar-refractivity contribution in [3.05, 3.63) is 0 Å². The molecule has 0 saturated carbocycles. The van der Waals surface area contributed by atoms with Crippen molar-refractivity contribution in [2.45, 2.75) is 116 Å². The highest BCUT2D eigenvalue weighted by molar-refractivity contribution is 5.75. The van der Waals surface area contributed by atoms with Crippen LogP contribution in [0.1, 0.15) is 116 Å². The second-order valence-corrected chi connectivity index (χ2v) is 8.53. The molecule has 0 spiro atoms. The highest BCUT2D eigenvalue weighted by atomic mass is 16.4. The molecule has 0 radical (unpaired) electrons. The molecule has 0 atom stereocenters. The molecule has 0 fully saturated rings. The Morgan fingerprint density at radius 2 is 1.09 bits per heavy atom. The normalized spacial score (nSPS) is 9.69.